The fourth-order valence-electron chi connectivity index (χ4n) is 1.73. The summed E-state index contributed by atoms with van der Waals surface area (Å²) in [5.41, 5.74) is 2.15. The zero-order chi connectivity index (χ0) is 12.4. The Hall–Kier alpha value is -1.91. The minimum atomic E-state index is -2.83. The largest absolute Gasteiger partial charge is 0.434 e. The Morgan fingerprint density at radius 1 is 1.29 bits per heavy atom. The summed E-state index contributed by atoms with van der Waals surface area (Å²) in [5, 5.41) is 4.24. The fraction of sp³-hybridized carbons (Fsp3) is 0.250. The van der Waals surface area contributed by atoms with Crippen molar-refractivity contribution >= 4 is 0 Å². The number of aryl methyl sites for hydroxylation is 2. The Bertz CT molecular complexity index is 523. The number of rotatable bonds is 3. The molecule has 0 bridgehead atoms. The third kappa shape index (κ3) is 2.43. The van der Waals surface area contributed by atoms with Crippen LogP contribution in [0.25, 0.3) is 11.3 Å². The van der Waals surface area contributed by atoms with E-state index >= 15 is 0 Å². The predicted octanol–water partition coefficient (Wildman–Crippen LogP) is 3.00. The van der Waals surface area contributed by atoms with Crippen molar-refractivity contribution in [3.8, 4) is 17.0 Å². The van der Waals surface area contributed by atoms with E-state index in [-0.39, 0.29) is 5.75 Å². The van der Waals surface area contributed by atoms with Crippen molar-refractivity contribution in [1.82, 2.24) is 9.78 Å². The number of para-hydroxylation sites is 1. The average molecular weight is 238 g/mol. The number of aromatic nitrogens is 2. The molecule has 0 spiro atoms. The molecule has 0 N–H and O–H groups in total. The van der Waals surface area contributed by atoms with Crippen LogP contribution < -0.4 is 4.74 Å². The maximum absolute atomic E-state index is 12.3. The van der Waals surface area contributed by atoms with Crippen molar-refractivity contribution in [1.29, 1.82) is 0 Å². The lowest BCUT2D eigenvalue weighted by molar-refractivity contribution is -0.0494. The van der Waals surface area contributed by atoms with Gasteiger partial charge in [0.2, 0.25) is 0 Å². The lowest BCUT2D eigenvalue weighted by Gasteiger charge is -2.09. The van der Waals surface area contributed by atoms with Gasteiger partial charge in [0.05, 0.1) is 5.69 Å². The van der Waals surface area contributed by atoms with Crippen LogP contribution >= 0.6 is 0 Å². The Kier molecular flexibility index (Phi) is 3.08. The van der Waals surface area contributed by atoms with Crippen molar-refractivity contribution in [2.45, 2.75) is 13.5 Å². The van der Waals surface area contributed by atoms with Gasteiger partial charge in [-0.15, -0.1) is 0 Å². The molecule has 3 nitrogen and oxygen atoms in total. The van der Waals surface area contributed by atoms with Crippen LogP contribution in [-0.2, 0) is 7.05 Å². The molecule has 0 atom stereocenters. The lowest BCUT2D eigenvalue weighted by Crippen LogP contribution is -2.03. The first-order valence-corrected chi connectivity index (χ1v) is 5.12. The molecule has 1 heterocycles. The van der Waals surface area contributed by atoms with E-state index in [4.69, 9.17) is 0 Å². The van der Waals surface area contributed by atoms with E-state index in [1.54, 1.807) is 29.9 Å². The summed E-state index contributed by atoms with van der Waals surface area (Å²) in [5.74, 6) is 0.143. The van der Waals surface area contributed by atoms with Crippen molar-refractivity contribution in [2.24, 2.45) is 7.05 Å². The molecule has 0 amide bonds. The van der Waals surface area contributed by atoms with E-state index in [2.05, 4.69) is 9.84 Å². The van der Waals surface area contributed by atoms with Crippen LogP contribution in [0.2, 0.25) is 0 Å². The van der Waals surface area contributed by atoms with Crippen LogP contribution in [0.4, 0.5) is 8.78 Å². The molecule has 5 heteroatoms. The normalized spacial score (nSPS) is 10.9. The van der Waals surface area contributed by atoms with E-state index in [0.29, 0.717) is 11.3 Å². The fourth-order valence-corrected chi connectivity index (χ4v) is 1.73. The zero-order valence-electron chi connectivity index (χ0n) is 9.52. The van der Waals surface area contributed by atoms with Crippen LogP contribution in [0.5, 0.6) is 5.75 Å². The second-order valence-corrected chi connectivity index (χ2v) is 3.71. The van der Waals surface area contributed by atoms with Gasteiger partial charge < -0.3 is 4.74 Å². The smallest absolute Gasteiger partial charge is 0.387 e. The molecule has 0 fully saturated rings. The summed E-state index contributed by atoms with van der Waals surface area (Å²) < 4.78 is 30.7. The first-order valence-electron chi connectivity index (χ1n) is 5.12. The lowest BCUT2D eigenvalue weighted by atomic mass is 10.1. The number of ether oxygens (including phenoxy) is 1. The molecular formula is C12H12F2N2O. The van der Waals surface area contributed by atoms with E-state index in [1.165, 1.54) is 6.07 Å². The predicted molar refractivity (Wildman–Crippen MR) is 60.0 cm³/mol. The number of alkyl halides is 2. The van der Waals surface area contributed by atoms with Gasteiger partial charge in [-0.25, -0.2) is 0 Å². The third-order valence-corrected chi connectivity index (χ3v) is 2.37. The van der Waals surface area contributed by atoms with Crippen molar-refractivity contribution in [3.63, 3.8) is 0 Å². The van der Waals surface area contributed by atoms with E-state index in [0.717, 1.165) is 5.56 Å². The van der Waals surface area contributed by atoms with Gasteiger partial charge in [-0.05, 0) is 24.6 Å². The Morgan fingerprint density at radius 2 is 2.00 bits per heavy atom. The van der Waals surface area contributed by atoms with Gasteiger partial charge in [0, 0.05) is 18.8 Å². The number of benzene rings is 1. The van der Waals surface area contributed by atoms with Crippen LogP contribution in [0.3, 0.4) is 0 Å². The highest BCUT2D eigenvalue weighted by molar-refractivity contribution is 5.69. The highest BCUT2D eigenvalue weighted by Crippen LogP contribution is 2.31. The maximum Gasteiger partial charge on any atom is 0.387 e. The van der Waals surface area contributed by atoms with Gasteiger partial charge in [0.15, 0.2) is 0 Å². The summed E-state index contributed by atoms with van der Waals surface area (Å²) in [4.78, 5) is 0. The molecule has 2 rings (SSSR count). The van der Waals surface area contributed by atoms with Crippen molar-refractivity contribution in [2.75, 3.05) is 0 Å². The maximum atomic E-state index is 12.3. The van der Waals surface area contributed by atoms with Crippen LogP contribution in [0.1, 0.15) is 5.56 Å². The van der Waals surface area contributed by atoms with Crippen LogP contribution in [0.15, 0.2) is 30.5 Å². The highest BCUT2D eigenvalue weighted by Gasteiger charge is 2.14. The molecular weight excluding hydrogens is 226 g/mol. The summed E-state index contributed by atoms with van der Waals surface area (Å²) >= 11 is 0. The van der Waals surface area contributed by atoms with Gasteiger partial charge in [-0.2, -0.15) is 13.9 Å². The van der Waals surface area contributed by atoms with Gasteiger partial charge in [-0.3, -0.25) is 4.68 Å². The molecule has 1 aromatic carbocycles. The number of halogens is 2. The minimum absolute atomic E-state index is 0.143. The van der Waals surface area contributed by atoms with E-state index in [9.17, 15) is 8.78 Å². The molecule has 17 heavy (non-hydrogen) atoms. The quantitative estimate of drug-likeness (QED) is 0.821. The topological polar surface area (TPSA) is 27.1 Å². The molecule has 1 aromatic heterocycles. The molecule has 2 aromatic rings. The standard InChI is InChI=1S/C12H12F2N2O/c1-8-7-16(2)15-11(8)9-5-3-4-6-10(9)17-12(13)14/h3-7,12H,1-2H3. The highest BCUT2D eigenvalue weighted by atomic mass is 19.3. The van der Waals surface area contributed by atoms with Gasteiger partial charge in [0.1, 0.15) is 5.75 Å². The molecule has 0 radical (unpaired) electrons. The van der Waals surface area contributed by atoms with Gasteiger partial charge >= 0.3 is 6.61 Å². The van der Waals surface area contributed by atoms with Gasteiger partial charge in [-0.1, -0.05) is 12.1 Å². The van der Waals surface area contributed by atoms with E-state index in [1.807, 2.05) is 13.1 Å². The summed E-state index contributed by atoms with van der Waals surface area (Å²) in [6.45, 7) is -0.957. The average Bonchev–Trinajstić information content (AvgIpc) is 2.58. The Balaban J connectivity index is 2.48. The van der Waals surface area contributed by atoms with Crippen LogP contribution in [0, 0.1) is 6.92 Å². The number of hydrogen-bond acceptors (Lipinski definition) is 2. The molecule has 0 aliphatic heterocycles. The van der Waals surface area contributed by atoms with Crippen molar-refractivity contribution < 1.29 is 13.5 Å². The van der Waals surface area contributed by atoms with Gasteiger partial charge in [0.25, 0.3) is 0 Å². The Labute approximate surface area is 97.6 Å². The third-order valence-electron chi connectivity index (χ3n) is 2.37. The Morgan fingerprint density at radius 3 is 2.59 bits per heavy atom. The molecule has 0 unspecified atom stereocenters. The number of nitrogens with zero attached hydrogens (tertiary/aromatic N) is 2. The summed E-state index contributed by atoms with van der Waals surface area (Å²) in [7, 11) is 1.78. The zero-order valence-corrected chi connectivity index (χ0v) is 9.52. The van der Waals surface area contributed by atoms with Crippen LogP contribution in [-0.4, -0.2) is 16.4 Å². The second-order valence-electron chi connectivity index (χ2n) is 3.71. The summed E-state index contributed by atoms with van der Waals surface area (Å²) in [6.07, 6.45) is 1.83. The first kappa shape index (κ1) is 11.6. The molecule has 90 valence electrons. The minimum Gasteiger partial charge on any atom is -0.434 e. The summed E-state index contributed by atoms with van der Waals surface area (Å²) in [6, 6.07) is 6.64. The molecule has 0 aliphatic rings. The van der Waals surface area contributed by atoms with E-state index < -0.39 is 6.61 Å². The molecule has 0 saturated heterocycles. The monoisotopic (exact) mass is 238 g/mol. The van der Waals surface area contributed by atoms with Crippen molar-refractivity contribution in [3.05, 3.63) is 36.0 Å². The first-order chi connectivity index (χ1) is 8.08. The number of hydrogen-bond donors (Lipinski definition) is 0. The molecule has 0 aliphatic carbocycles. The molecule has 0 saturated carbocycles. The SMILES string of the molecule is Cc1cn(C)nc1-c1ccccc1OC(F)F. The second kappa shape index (κ2) is 4.53.